The van der Waals surface area contributed by atoms with E-state index in [9.17, 15) is 9.59 Å². The maximum atomic E-state index is 11.9. The van der Waals surface area contributed by atoms with Crippen molar-refractivity contribution in [3.8, 4) is 5.75 Å². The number of rotatable bonds is 7. The number of nitrogens with one attached hydrogen (secondary N) is 1. The molecule has 0 saturated heterocycles. The highest BCUT2D eigenvalue weighted by molar-refractivity contribution is 5.75. The number of aromatic nitrogens is 2. The summed E-state index contributed by atoms with van der Waals surface area (Å²) >= 11 is 0. The molecule has 1 aromatic carbocycles. The van der Waals surface area contributed by atoms with Crippen molar-refractivity contribution < 1.29 is 9.53 Å². The Morgan fingerprint density at radius 1 is 1.29 bits per heavy atom. The van der Waals surface area contributed by atoms with E-state index in [4.69, 9.17) is 4.74 Å². The van der Waals surface area contributed by atoms with Gasteiger partial charge in [0.05, 0.1) is 19.0 Å². The Bertz CT molecular complexity index is 738. The minimum Gasteiger partial charge on any atom is -0.497 e. The van der Waals surface area contributed by atoms with Gasteiger partial charge in [0, 0.05) is 26.7 Å². The lowest BCUT2D eigenvalue weighted by molar-refractivity contribution is -0.121. The number of methoxy groups -OCH3 is 1. The zero-order chi connectivity index (χ0) is 17.5. The van der Waals surface area contributed by atoms with Gasteiger partial charge in [0.25, 0.3) is 5.56 Å². The topological polar surface area (TPSA) is 76.5 Å². The molecule has 0 saturated carbocycles. The fraction of sp³-hybridized carbons (Fsp3) is 0.353. The SMILES string of the molecule is COc1ccc(CCNC(=O)Cn2ncc(N(C)C)cc2=O)cc1. The second-order valence-electron chi connectivity index (χ2n) is 5.55. The number of ether oxygens (including phenoxy) is 1. The third-order valence-corrected chi connectivity index (χ3v) is 3.56. The first-order chi connectivity index (χ1) is 11.5. The van der Waals surface area contributed by atoms with Crippen LogP contribution in [0.15, 0.2) is 41.3 Å². The van der Waals surface area contributed by atoms with Gasteiger partial charge < -0.3 is 15.0 Å². The molecule has 7 heteroatoms. The Balaban J connectivity index is 1.83. The van der Waals surface area contributed by atoms with Crippen LogP contribution < -0.4 is 20.5 Å². The third-order valence-electron chi connectivity index (χ3n) is 3.56. The van der Waals surface area contributed by atoms with E-state index < -0.39 is 0 Å². The summed E-state index contributed by atoms with van der Waals surface area (Å²) in [7, 11) is 5.27. The molecule has 0 unspecified atom stereocenters. The van der Waals surface area contributed by atoms with Crippen molar-refractivity contribution in [1.29, 1.82) is 0 Å². The molecule has 2 aromatic rings. The van der Waals surface area contributed by atoms with Crippen molar-refractivity contribution in [2.45, 2.75) is 13.0 Å². The summed E-state index contributed by atoms with van der Waals surface area (Å²) in [5.74, 6) is 0.560. The van der Waals surface area contributed by atoms with E-state index in [-0.39, 0.29) is 18.0 Å². The highest BCUT2D eigenvalue weighted by Crippen LogP contribution is 2.11. The first kappa shape index (κ1) is 17.5. The molecular formula is C17H22N4O3. The average Bonchev–Trinajstić information content (AvgIpc) is 2.57. The van der Waals surface area contributed by atoms with E-state index in [1.807, 2.05) is 38.4 Å². The van der Waals surface area contributed by atoms with Crippen LogP contribution in [0.5, 0.6) is 5.75 Å². The smallest absolute Gasteiger partial charge is 0.269 e. The Labute approximate surface area is 140 Å². The normalized spacial score (nSPS) is 10.3. The van der Waals surface area contributed by atoms with Gasteiger partial charge in [-0.25, -0.2) is 4.68 Å². The van der Waals surface area contributed by atoms with Gasteiger partial charge in [0.15, 0.2) is 0 Å². The van der Waals surface area contributed by atoms with Gasteiger partial charge in [-0.1, -0.05) is 12.1 Å². The Kier molecular flexibility index (Phi) is 5.95. The second kappa shape index (κ2) is 8.14. The van der Waals surface area contributed by atoms with Crippen molar-refractivity contribution in [1.82, 2.24) is 15.1 Å². The third kappa shape index (κ3) is 4.84. The van der Waals surface area contributed by atoms with E-state index in [0.717, 1.165) is 16.0 Å². The van der Waals surface area contributed by atoms with Gasteiger partial charge in [-0.3, -0.25) is 9.59 Å². The number of amides is 1. The zero-order valence-corrected chi connectivity index (χ0v) is 14.2. The number of benzene rings is 1. The molecule has 0 aliphatic carbocycles. The van der Waals surface area contributed by atoms with Crippen molar-refractivity contribution in [3.05, 3.63) is 52.4 Å². The summed E-state index contributed by atoms with van der Waals surface area (Å²) in [6.45, 7) is 0.408. The minimum atomic E-state index is -0.300. The van der Waals surface area contributed by atoms with Crippen LogP contribution in [0, 0.1) is 0 Å². The molecule has 1 amide bonds. The van der Waals surface area contributed by atoms with Crippen molar-refractivity contribution >= 4 is 11.6 Å². The highest BCUT2D eigenvalue weighted by Gasteiger charge is 2.07. The van der Waals surface area contributed by atoms with Gasteiger partial charge in [-0.05, 0) is 24.1 Å². The molecule has 0 radical (unpaired) electrons. The molecule has 0 bridgehead atoms. The number of carbonyl (C=O) groups is 1. The molecule has 0 aliphatic heterocycles. The molecule has 128 valence electrons. The highest BCUT2D eigenvalue weighted by atomic mass is 16.5. The summed E-state index contributed by atoms with van der Waals surface area (Å²) in [6.07, 6.45) is 2.27. The van der Waals surface area contributed by atoms with Gasteiger partial charge in [-0.15, -0.1) is 0 Å². The van der Waals surface area contributed by atoms with Gasteiger partial charge in [0.1, 0.15) is 12.3 Å². The predicted molar refractivity (Wildman–Crippen MR) is 92.5 cm³/mol. The van der Waals surface area contributed by atoms with E-state index in [0.29, 0.717) is 18.7 Å². The lowest BCUT2D eigenvalue weighted by Crippen LogP contribution is -2.34. The van der Waals surface area contributed by atoms with Crippen LogP contribution in [0.3, 0.4) is 0 Å². The largest absolute Gasteiger partial charge is 0.497 e. The summed E-state index contributed by atoms with van der Waals surface area (Å²) in [6, 6.07) is 9.13. The molecule has 7 nitrogen and oxygen atoms in total. The maximum absolute atomic E-state index is 11.9. The van der Waals surface area contributed by atoms with E-state index in [1.54, 1.807) is 18.2 Å². The minimum absolute atomic E-state index is 0.0881. The van der Waals surface area contributed by atoms with Crippen LogP contribution in [0.1, 0.15) is 5.56 Å². The molecule has 2 rings (SSSR count). The van der Waals surface area contributed by atoms with E-state index >= 15 is 0 Å². The zero-order valence-electron chi connectivity index (χ0n) is 14.2. The van der Waals surface area contributed by atoms with Crippen LogP contribution in [0.4, 0.5) is 5.69 Å². The number of anilines is 1. The fourth-order valence-electron chi connectivity index (χ4n) is 2.12. The summed E-state index contributed by atoms with van der Waals surface area (Å²) < 4.78 is 6.25. The van der Waals surface area contributed by atoms with Crippen molar-refractivity contribution in [3.63, 3.8) is 0 Å². The quantitative estimate of drug-likeness (QED) is 0.808. The van der Waals surface area contributed by atoms with Gasteiger partial charge in [-0.2, -0.15) is 5.10 Å². The standard InChI is InChI=1S/C17H22N4O3/c1-20(2)14-10-17(23)21(19-11-14)12-16(22)18-9-8-13-4-6-15(24-3)7-5-13/h4-7,10-11H,8-9,12H2,1-3H3,(H,18,22). The molecule has 0 fully saturated rings. The summed E-state index contributed by atoms with van der Waals surface area (Å²) in [4.78, 5) is 25.6. The Hall–Kier alpha value is -2.83. The van der Waals surface area contributed by atoms with Crippen LogP contribution in [0.25, 0.3) is 0 Å². The van der Waals surface area contributed by atoms with Crippen LogP contribution >= 0.6 is 0 Å². The lowest BCUT2D eigenvalue weighted by Gasteiger charge is -2.12. The summed E-state index contributed by atoms with van der Waals surface area (Å²) in [5, 5.41) is 6.81. The van der Waals surface area contributed by atoms with E-state index in [1.165, 1.54) is 6.07 Å². The molecule has 1 N–H and O–H groups in total. The second-order valence-corrected chi connectivity index (χ2v) is 5.55. The van der Waals surface area contributed by atoms with Crippen LogP contribution in [-0.4, -0.2) is 43.4 Å². The van der Waals surface area contributed by atoms with Crippen LogP contribution in [-0.2, 0) is 17.8 Å². The molecule has 1 heterocycles. The lowest BCUT2D eigenvalue weighted by atomic mass is 10.1. The summed E-state index contributed by atoms with van der Waals surface area (Å²) in [5.41, 5.74) is 1.50. The predicted octanol–water partition coefficient (Wildman–Crippen LogP) is 0.677. The number of carbonyl (C=O) groups excluding carboxylic acids is 1. The van der Waals surface area contributed by atoms with Crippen LogP contribution in [0.2, 0.25) is 0 Å². The number of nitrogens with zero attached hydrogens (tertiary/aromatic N) is 3. The van der Waals surface area contributed by atoms with Gasteiger partial charge >= 0.3 is 0 Å². The molecule has 0 atom stereocenters. The van der Waals surface area contributed by atoms with Crippen molar-refractivity contribution in [2.75, 3.05) is 32.6 Å². The Morgan fingerprint density at radius 3 is 2.58 bits per heavy atom. The Morgan fingerprint density at radius 2 is 2.00 bits per heavy atom. The van der Waals surface area contributed by atoms with E-state index in [2.05, 4.69) is 10.4 Å². The fourth-order valence-corrected chi connectivity index (χ4v) is 2.12. The first-order valence-corrected chi connectivity index (χ1v) is 7.63. The number of hydrogen-bond donors (Lipinski definition) is 1. The molecular weight excluding hydrogens is 308 g/mol. The monoisotopic (exact) mass is 330 g/mol. The number of hydrogen-bond acceptors (Lipinski definition) is 5. The molecule has 1 aromatic heterocycles. The molecule has 24 heavy (non-hydrogen) atoms. The average molecular weight is 330 g/mol. The van der Waals surface area contributed by atoms with Gasteiger partial charge in [0.2, 0.25) is 5.91 Å². The molecule has 0 spiro atoms. The molecule has 0 aliphatic rings. The van der Waals surface area contributed by atoms with Crippen molar-refractivity contribution in [2.24, 2.45) is 0 Å². The first-order valence-electron chi connectivity index (χ1n) is 7.63. The maximum Gasteiger partial charge on any atom is 0.269 e.